The van der Waals surface area contributed by atoms with Gasteiger partial charge in [0.15, 0.2) is 0 Å². The fourth-order valence-electron chi connectivity index (χ4n) is 1.58. The van der Waals surface area contributed by atoms with E-state index >= 15 is 0 Å². The molecule has 0 aliphatic heterocycles. The summed E-state index contributed by atoms with van der Waals surface area (Å²) in [6.45, 7) is -2.34. The molecule has 24 heavy (non-hydrogen) atoms. The predicted molar refractivity (Wildman–Crippen MR) is 83.8 cm³/mol. The first-order valence-electron chi connectivity index (χ1n) is 6.65. The standard InChI is InChI=1S/C13H16BrF3N2O4S/c1-19(24(21,22)11-4-2-10(14)3-5-11)8-12(20)18-6-7-23-9-13(15,16)17/h2-5H,6-9H2,1H3,(H,18,20). The number of sulfonamides is 1. The maximum Gasteiger partial charge on any atom is 0.411 e. The van der Waals surface area contributed by atoms with Crippen molar-refractivity contribution in [2.24, 2.45) is 0 Å². The third-order valence-electron chi connectivity index (χ3n) is 2.72. The summed E-state index contributed by atoms with van der Waals surface area (Å²) >= 11 is 3.19. The molecular formula is C13H16BrF3N2O4S. The van der Waals surface area contributed by atoms with Crippen LogP contribution < -0.4 is 5.32 Å². The molecule has 0 bridgehead atoms. The van der Waals surface area contributed by atoms with Gasteiger partial charge in [-0.25, -0.2) is 8.42 Å². The van der Waals surface area contributed by atoms with Crippen molar-refractivity contribution in [3.8, 4) is 0 Å². The summed E-state index contributed by atoms with van der Waals surface area (Å²) in [4.78, 5) is 11.7. The summed E-state index contributed by atoms with van der Waals surface area (Å²) in [5, 5.41) is 2.29. The lowest BCUT2D eigenvalue weighted by atomic mass is 10.4. The molecular weight excluding hydrogens is 417 g/mol. The fraction of sp³-hybridized carbons (Fsp3) is 0.462. The predicted octanol–water partition coefficient (Wildman–Crippen LogP) is 1.76. The number of nitrogens with one attached hydrogen (secondary N) is 1. The van der Waals surface area contributed by atoms with Crippen LogP contribution in [0.25, 0.3) is 0 Å². The highest BCUT2D eigenvalue weighted by molar-refractivity contribution is 9.10. The quantitative estimate of drug-likeness (QED) is 0.635. The van der Waals surface area contributed by atoms with Crippen molar-refractivity contribution in [1.82, 2.24) is 9.62 Å². The fourth-order valence-corrected chi connectivity index (χ4v) is 2.97. The first-order valence-corrected chi connectivity index (χ1v) is 8.89. The molecule has 1 rings (SSSR count). The number of carbonyl (C=O) groups excluding carboxylic acids is 1. The Kier molecular flexibility index (Phi) is 7.64. The van der Waals surface area contributed by atoms with Gasteiger partial charge in [-0.3, -0.25) is 4.79 Å². The van der Waals surface area contributed by atoms with Crippen LogP contribution in [-0.4, -0.2) is 58.2 Å². The minimum atomic E-state index is -4.43. The molecule has 1 aromatic carbocycles. The normalized spacial score (nSPS) is 12.4. The topological polar surface area (TPSA) is 75.7 Å². The number of carbonyl (C=O) groups is 1. The van der Waals surface area contributed by atoms with Crippen molar-refractivity contribution in [3.05, 3.63) is 28.7 Å². The Morgan fingerprint density at radius 3 is 2.42 bits per heavy atom. The Hall–Kier alpha value is -1.17. The zero-order chi connectivity index (χ0) is 18.4. The van der Waals surface area contributed by atoms with Gasteiger partial charge < -0.3 is 10.1 Å². The molecule has 0 aliphatic rings. The Bertz CT molecular complexity index is 650. The molecule has 6 nitrogen and oxygen atoms in total. The van der Waals surface area contributed by atoms with E-state index in [9.17, 15) is 26.4 Å². The van der Waals surface area contributed by atoms with Gasteiger partial charge in [-0.15, -0.1) is 0 Å². The highest BCUT2D eigenvalue weighted by Gasteiger charge is 2.27. The number of amides is 1. The van der Waals surface area contributed by atoms with Crippen molar-refractivity contribution < 1.29 is 31.1 Å². The molecule has 0 aromatic heterocycles. The van der Waals surface area contributed by atoms with E-state index in [-0.39, 0.29) is 18.0 Å². The summed E-state index contributed by atoms with van der Waals surface area (Å²) in [6, 6.07) is 5.88. The minimum absolute atomic E-state index is 0.0227. The van der Waals surface area contributed by atoms with Crippen LogP contribution in [-0.2, 0) is 19.6 Å². The molecule has 136 valence electrons. The number of halogens is 4. The second-order valence-electron chi connectivity index (χ2n) is 4.73. The molecule has 0 unspecified atom stereocenters. The first kappa shape index (κ1) is 20.9. The largest absolute Gasteiger partial charge is 0.411 e. The average Bonchev–Trinajstić information content (AvgIpc) is 2.46. The number of hydrogen-bond donors (Lipinski definition) is 1. The van der Waals surface area contributed by atoms with Crippen LogP contribution in [0.4, 0.5) is 13.2 Å². The molecule has 11 heteroatoms. The highest BCUT2D eigenvalue weighted by Crippen LogP contribution is 2.17. The van der Waals surface area contributed by atoms with Gasteiger partial charge in [0, 0.05) is 18.1 Å². The van der Waals surface area contributed by atoms with Crippen LogP contribution in [0, 0.1) is 0 Å². The SMILES string of the molecule is CN(CC(=O)NCCOCC(F)(F)F)S(=O)(=O)c1ccc(Br)cc1. The first-order chi connectivity index (χ1) is 11.0. The molecule has 0 saturated carbocycles. The third kappa shape index (κ3) is 7.16. The Morgan fingerprint density at radius 1 is 1.29 bits per heavy atom. The molecule has 0 aliphatic carbocycles. The second-order valence-corrected chi connectivity index (χ2v) is 7.69. The van der Waals surface area contributed by atoms with Crippen molar-refractivity contribution >= 4 is 31.9 Å². The number of rotatable bonds is 8. The van der Waals surface area contributed by atoms with E-state index in [0.717, 1.165) is 4.31 Å². The highest BCUT2D eigenvalue weighted by atomic mass is 79.9. The molecule has 1 aromatic rings. The minimum Gasteiger partial charge on any atom is -0.370 e. The van der Waals surface area contributed by atoms with E-state index in [4.69, 9.17) is 0 Å². The van der Waals surface area contributed by atoms with Crippen LogP contribution in [0.1, 0.15) is 0 Å². The summed E-state index contributed by atoms with van der Waals surface area (Å²) < 4.78 is 65.9. The Labute approximate surface area is 146 Å². The van der Waals surface area contributed by atoms with Gasteiger partial charge in [0.05, 0.1) is 18.0 Å². The lowest BCUT2D eigenvalue weighted by Gasteiger charge is -2.17. The summed E-state index contributed by atoms with van der Waals surface area (Å²) in [7, 11) is -2.60. The van der Waals surface area contributed by atoms with Crippen LogP contribution in [0.15, 0.2) is 33.6 Å². The number of ether oxygens (including phenoxy) is 1. The summed E-state index contributed by atoms with van der Waals surface area (Å²) in [6.07, 6.45) is -4.43. The molecule has 0 radical (unpaired) electrons. The van der Waals surface area contributed by atoms with E-state index < -0.39 is 35.3 Å². The molecule has 0 saturated heterocycles. The van der Waals surface area contributed by atoms with Gasteiger partial charge in [0.1, 0.15) is 6.61 Å². The van der Waals surface area contributed by atoms with Gasteiger partial charge in [-0.05, 0) is 24.3 Å². The Balaban J connectivity index is 2.44. The average molecular weight is 433 g/mol. The van der Waals surface area contributed by atoms with Gasteiger partial charge in [0.25, 0.3) is 0 Å². The maximum atomic E-state index is 12.2. The van der Waals surface area contributed by atoms with Crippen LogP contribution in [0.5, 0.6) is 0 Å². The molecule has 0 atom stereocenters. The molecule has 0 fully saturated rings. The van der Waals surface area contributed by atoms with Gasteiger partial charge in [0.2, 0.25) is 15.9 Å². The maximum absolute atomic E-state index is 12.2. The lowest BCUT2D eigenvalue weighted by molar-refractivity contribution is -0.173. The van der Waals surface area contributed by atoms with E-state index in [0.29, 0.717) is 4.47 Å². The van der Waals surface area contributed by atoms with E-state index in [1.54, 1.807) is 12.1 Å². The van der Waals surface area contributed by atoms with Crippen molar-refractivity contribution in [2.45, 2.75) is 11.1 Å². The summed E-state index contributed by atoms with van der Waals surface area (Å²) in [5.74, 6) is -0.645. The molecule has 1 amide bonds. The van der Waals surface area contributed by atoms with Crippen molar-refractivity contribution in [3.63, 3.8) is 0 Å². The number of hydrogen-bond acceptors (Lipinski definition) is 4. The van der Waals surface area contributed by atoms with Gasteiger partial charge in [-0.2, -0.15) is 17.5 Å². The number of likely N-dealkylation sites (N-methyl/N-ethyl adjacent to an activating group) is 1. The van der Waals surface area contributed by atoms with Gasteiger partial charge in [-0.1, -0.05) is 15.9 Å². The van der Waals surface area contributed by atoms with Gasteiger partial charge >= 0.3 is 6.18 Å². The lowest BCUT2D eigenvalue weighted by Crippen LogP contribution is -2.39. The molecule has 0 heterocycles. The van der Waals surface area contributed by atoms with Crippen LogP contribution in [0.2, 0.25) is 0 Å². The number of benzene rings is 1. The van der Waals surface area contributed by atoms with E-state index in [2.05, 4.69) is 26.0 Å². The Morgan fingerprint density at radius 2 is 1.88 bits per heavy atom. The molecule has 0 spiro atoms. The molecule has 1 N–H and O–H groups in total. The zero-order valence-electron chi connectivity index (χ0n) is 12.6. The zero-order valence-corrected chi connectivity index (χ0v) is 15.0. The monoisotopic (exact) mass is 432 g/mol. The summed E-state index contributed by atoms with van der Waals surface area (Å²) in [5.41, 5.74) is 0. The third-order valence-corrected chi connectivity index (χ3v) is 5.07. The van der Waals surface area contributed by atoms with Crippen LogP contribution >= 0.6 is 15.9 Å². The number of alkyl halides is 3. The van der Waals surface area contributed by atoms with Crippen molar-refractivity contribution in [1.29, 1.82) is 0 Å². The van der Waals surface area contributed by atoms with E-state index in [1.165, 1.54) is 19.2 Å². The second kappa shape index (κ2) is 8.79. The van der Waals surface area contributed by atoms with E-state index in [1.807, 2.05) is 0 Å². The smallest absolute Gasteiger partial charge is 0.370 e. The van der Waals surface area contributed by atoms with Crippen LogP contribution in [0.3, 0.4) is 0 Å². The van der Waals surface area contributed by atoms with Crippen molar-refractivity contribution in [2.75, 3.05) is 33.4 Å². The number of nitrogens with zero attached hydrogens (tertiary/aromatic N) is 1.